The summed E-state index contributed by atoms with van der Waals surface area (Å²) in [7, 11) is 6.83. The van der Waals surface area contributed by atoms with Crippen LogP contribution in [0.1, 0.15) is 40.4 Å². The number of anilines is 1. The van der Waals surface area contributed by atoms with E-state index in [0.29, 0.717) is 32.5 Å². The standard InChI is InChI=1S/C29H32F2N6O2/c1-32-20-8-12-37(26(38)15-20)25-5-9-33-28-22(25)16-21(35(28)4)17-36-10-6-18(7-11-36)27-23(30)13-19(14-24(27)31)29(39)34(2)3/h5,8-9,12-16,18,32H,6-7,10-11,17H2,1-4H3. The van der Waals surface area contributed by atoms with E-state index in [0.717, 1.165) is 40.2 Å². The van der Waals surface area contributed by atoms with Crippen LogP contribution in [0.4, 0.5) is 14.5 Å². The number of pyridine rings is 2. The van der Waals surface area contributed by atoms with Gasteiger partial charge in [-0.1, -0.05) is 0 Å². The van der Waals surface area contributed by atoms with E-state index < -0.39 is 17.5 Å². The maximum atomic E-state index is 14.9. The summed E-state index contributed by atoms with van der Waals surface area (Å²) < 4.78 is 33.5. The molecule has 0 atom stereocenters. The van der Waals surface area contributed by atoms with Crippen LogP contribution in [0, 0.1) is 11.6 Å². The molecule has 0 radical (unpaired) electrons. The van der Waals surface area contributed by atoms with Gasteiger partial charge in [-0.25, -0.2) is 13.8 Å². The zero-order chi connectivity index (χ0) is 27.8. The first kappa shape index (κ1) is 26.6. The molecule has 4 aromatic rings. The number of halogens is 2. The van der Waals surface area contributed by atoms with Crippen LogP contribution in [0.3, 0.4) is 0 Å². The van der Waals surface area contributed by atoms with Gasteiger partial charge in [-0.05, 0) is 62.2 Å². The summed E-state index contributed by atoms with van der Waals surface area (Å²) >= 11 is 0. The fourth-order valence-corrected chi connectivity index (χ4v) is 5.42. The molecular weight excluding hydrogens is 502 g/mol. The number of rotatable bonds is 6. The predicted molar refractivity (Wildman–Crippen MR) is 147 cm³/mol. The van der Waals surface area contributed by atoms with Crippen molar-refractivity contribution in [3.05, 3.63) is 87.6 Å². The number of hydrogen-bond acceptors (Lipinski definition) is 5. The van der Waals surface area contributed by atoms with Crippen molar-refractivity contribution in [1.29, 1.82) is 0 Å². The highest BCUT2D eigenvalue weighted by Gasteiger charge is 2.28. The summed E-state index contributed by atoms with van der Waals surface area (Å²) in [6, 6.07) is 9.58. The Morgan fingerprint density at radius 2 is 1.79 bits per heavy atom. The Kier molecular flexibility index (Phi) is 7.22. The molecule has 1 aliphatic heterocycles. The lowest BCUT2D eigenvalue weighted by atomic mass is 9.88. The van der Waals surface area contributed by atoms with Crippen LogP contribution < -0.4 is 10.9 Å². The fraction of sp³-hybridized carbons (Fsp3) is 0.345. The Morgan fingerprint density at radius 3 is 2.41 bits per heavy atom. The maximum absolute atomic E-state index is 14.9. The van der Waals surface area contributed by atoms with Crippen LogP contribution >= 0.6 is 0 Å². The van der Waals surface area contributed by atoms with Gasteiger partial charge in [-0.15, -0.1) is 0 Å². The van der Waals surface area contributed by atoms with E-state index in [1.54, 1.807) is 44.2 Å². The number of nitrogens with zero attached hydrogens (tertiary/aromatic N) is 5. The smallest absolute Gasteiger partial charge is 0.257 e. The molecule has 0 unspecified atom stereocenters. The number of aryl methyl sites for hydroxylation is 1. The molecule has 3 aromatic heterocycles. The van der Waals surface area contributed by atoms with Crippen LogP contribution in [0.25, 0.3) is 16.7 Å². The highest BCUT2D eigenvalue weighted by atomic mass is 19.1. The van der Waals surface area contributed by atoms with Crippen molar-refractivity contribution in [3.63, 3.8) is 0 Å². The van der Waals surface area contributed by atoms with Crippen LogP contribution in [-0.4, -0.2) is 64.1 Å². The van der Waals surface area contributed by atoms with Gasteiger partial charge in [0.05, 0.1) is 5.69 Å². The molecule has 1 saturated heterocycles. The Bertz CT molecular complexity index is 1580. The topological polar surface area (TPSA) is 75.4 Å². The van der Waals surface area contributed by atoms with Gasteiger partial charge in [0, 0.05) is 81.1 Å². The molecule has 1 aliphatic rings. The third kappa shape index (κ3) is 5.04. The average molecular weight is 535 g/mol. The van der Waals surface area contributed by atoms with E-state index in [-0.39, 0.29) is 22.6 Å². The number of aromatic nitrogens is 3. The highest BCUT2D eigenvalue weighted by Crippen LogP contribution is 2.33. The number of amides is 1. The first-order valence-corrected chi connectivity index (χ1v) is 12.9. The van der Waals surface area contributed by atoms with Gasteiger partial charge in [0.2, 0.25) is 0 Å². The van der Waals surface area contributed by atoms with E-state index in [1.165, 1.54) is 4.90 Å². The molecule has 10 heteroatoms. The van der Waals surface area contributed by atoms with Gasteiger partial charge in [0.25, 0.3) is 11.5 Å². The molecule has 8 nitrogen and oxygen atoms in total. The summed E-state index contributed by atoms with van der Waals surface area (Å²) in [5.74, 6) is -2.01. The second-order valence-electron chi connectivity index (χ2n) is 10.2. The van der Waals surface area contributed by atoms with E-state index in [2.05, 4.69) is 21.3 Å². The Hall–Kier alpha value is -4.05. The molecule has 0 saturated carbocycles. The summed E-state index contributed by atoms with van der Waals surface area (Å²) in [5.41, 5.74) is 3.26. The summed E-state index contributed by atoms with van der Waals surface area (Å²) in [4.78, 5) is 33.0. The van der Waals surface area contributed by atoms with Gasteiger partial charge in [-0.3, -0.25) is 19.1 Å². The number of carbonyl (C=O) groups is 1. The van der Waals surface area contributed by atoms with Crippen LogP contribution in [-0.2, 0) is 13.6 Å². The molecule has 39 heavy (non-hydrogen) atoms. The van der Waals surface area contributed by atoms with Crippen molar-refractivity contribution < 1.29 is 13.6 Å². The number of fused-ring (bicyclic) bond motifs is 1. The number of benzene rings is 1. The van der Waals surface area contributed by atoms with Crippen LogP contribution in [0.2, 0.25) is 0 Å². The maximum Gasteiger partial charge on any atom is 0.257 e. The van der Waals surface area contributed by atoms with Crippen molar-refractivity contribution >= 4 is 22.6 Å². The summed E-state index contributed by atoms with van der Waals surface area (Å²) in [6.07, 6.45) is 4.67. The summed E-state index contributed by atoms with van der Waals surface area (Å²) in [6.45, 7) is 2.00. The zero-order valence-electron chi connectivity index (χ0n) is 22.5. The van der Waals surface area contributed by atoms with Crippen LogP contribution in [0.5, 0.6) is 0 Å². The number of piperidine rings is 1. The molecular formula is C29H32F2N6O2. The fourth-order valence-electron chi connectivity index (χ4n) is 5.42. The lowest BCUT2D eigenvalue weighted by Gasteiger charge is -2.32. The highest BCUT2D eigenvalue weighted by molar-refractivity contribution is 5.94. The predicted octanol–water partition coefficient (Wildman–Crippen LogP) is 4.13. The van der Waals surface area contributed by atoms with Crippen molar-refractivity contribution in [2.24, 2.45) is 7.05 Å². The molecule has 4 heterocycles. The quantitative estimate of drug-likeness (QED) is 0.403. The molecule has 0 spiro atoms. The van der Waals surface area contributed by atoms with E-state index in [4.69, 9.17) is 0 Å². The minimum atomic E-state index is -0.663. The molecule has 1 fully saturated rings. The number of hydrogen-bond donors (Lipinski definition) is 1. The molecule has 1 N–H and O–H groups in total. The minimum absolute atomic E-state index is 0.0141. The second kappa shape index (κ2) is 10.6. The Morgan fingerprint density at radius 1 is 1.10 bits per heavy atom. The average Bonchev–Trinajstić information content (AvgIpc) is 3.23. The van der Waals surface area contributed by atoms with Crippen LogP contribution in [0.15, 0.2) is 53.6 Å². The third-order valence-electron chi connectivity index (χ3n) is 7.59. The van der Waals surface area contributed by atoms with E-state index in [9.17, 15) is 18.4 Å². The monoisotopic (exact) mass is 534 g/mol. The first-order valence-electron chi connectivity index (χ1n) is 12.9. The minimum Gasteiger partial charge on any atom is -0.388 e. The molecule has 204 valence electrons. The van der Waals surface area contributed by atoms with Gasteiger partial charge in [-0.2, -0.15) is 0 Å². The number of likely N-dealkylation sites (tertiary alicyclic amines) is 1. The normalized spacial score (nSPS) is 14.6. The van der Waals surface area contributed by atoms with Gasteiger partial charge >= 0.3 is 0 Å². The van der Waals surface area contributed by atoms with Gasteiger partial charge in [0.1, 0.15) is 17.3 Å². The first-order chi connectivity index (χ1) is 18.7. The van der Waals surface area contributed by atoms with Crippen molar-refractivity contribution in [1.82, 2.24) is 23.9 Å². The second-order valence-corrected chi connectivity index (χ2v) is 10.2. The van der Waals surface area contributed by atoms with E-state index in [1.807, 2.05) is 23.7 Å². The van der Waals surface area contributed by atoms with Crippen molar-refractivity contribution in [2.75, 3.05) is 39.5 Å². The third-order valence-corrected chi connectivity index (χ3v) is 7.59. The largest absolute Gasteiger partial charge is 0.388 e. The lowest BCUT2D eigenvalue weighted by molar-refractivity contribution is 0.0826. The van der Waals surface area contributed by atoms with Gasteiger partial charge < -0.3 is 14.8 Å². The van der Waals surface area contributed by atoms with E-state index >= 15 is 0 Å². The molecule has 0 aliphatic carbocycles. The number of nitrogens with one attached hydrogen (secondary N) is 1. The zero-order valence-corrected chi connectivity index (χ0v) is 22.5. The SMILES string of the molecule is CNc1ccn(-c2ccnc3c2cc(CN2CCC(c4c(F)cc(C(=O)N(C)C)cc4F)CC2)n3C)c(=O)c1. The summed E-state index contributed by atoms with van der Waals surface area (Å²) in [5, 5.41) is 3.86. The molecule has 1 amide bonds. The molecule has 5 rings (SSSR count). The Labute approximate surface area is 225 Å². The lowest BCUT2D eigenvalue weighted by Crippen LogP contribution is -2.33. The number of carbonyl (C=O) groups excluding carboxylic acids is 1. The Balaban J connectivity index is 1.34. The van der Waals surface area contributed by atoms with Crippen molar-refractivity contribution in [2.45, 2.75) is 25.3 Å². The molecule has 1 aromatic carbocycles. The molecule has 0 bridgehead atoms. The van der Waals surface area contributed by atoms with Crippen molar-refractivity contribution in [3.8, 4) is 5.69 Å². The van der Waals surface area contributed by atoms with Gasteiger partial charge in [0.15, 0.2) is 0 Å².